The number of likely N-dealkylation sites (tertiary alicyclic amines) is 1. The molecule has 2 rings (SSSR count). The number of carbonyl (C=O) groups is 1. The largest absolute Gasteiger partial charge is 0.352 e. The van der Waals surface area contributed by atoms with E-state index < -0.39 is 0 Å². The van der Waals surface area contributed by atoms with E-state index >= 15 is 0 Å². The fraction of sp³-hybridized carbons (Fsp3) is 0.929. The summed E-state index contributed by atoms with van der Waals surface area (Å²) < 4.78 is 0. The van der Waals surface area contributed by atoms with Crippen molar-refractivity contribution in [1.29, 1.82) is 0 Å². The predicted molar refractivity (Wildman–Crippen MR) is 73.5 cm³/mol. The number of amides is 1. The molecule has 0 aromatic carbocycles. The molecule has 1 amide bonds. The second kappa shape index (κ2) is 6.53. The van der Waals surface area contributed by atoms with Crippen molar-refractivity contribution in [3.8, 4) is 0 Å². The van der Waals surface area contributed by atoms with Gasteiger partial charge in [-0.2, -0.15) is 0 Å². The minimum atomic E-state index is 0.0411. The van der Waals surface area contributed by atoms with Crippen LogP contribution in [0, 0.1) is 5.92 Å². The Labute approximate surface area is 110 Å². The smallest absolute Gasteiger partial charge is 0.237 e. The monoisotopic (exact) mass is 253 g/mol. The zero-order chi connectivity index (χ0) is 13.0. The van der Waals surface area contributed by atoms with E-state index in [1.807, 2.05) is 0 Å². The standard InChI is InChI=1S/C14H27N3O/c1-11-10-17(2)9-7-12(11)16-14(18)13-6-4-3-5-8-15-13/h11-13,15H,3-10H2,1-2H3,(H,16,18). The van der Waals surface area contributed by atoms with Crippen molar-refractivity contribution >= 4 is 5.91 Å². The Morgan fingerprint density at radius 1 is 1.28 bits per heavy atom. The molecule has 4 nitrogen and oxygen atoms in total. The Balaban J connectivity index is 1.82. The van der Waals surface area contributed by atoms with Gasteiger partial charge in [0.1, 0.15) is 0 Å². The molecule has 2 aliphatic heterocycles. The van der Waals surface area contributed by atoms with Crippen LogP contribution in [0.4, 0.5) is 0 Å². The number of hydrogen-bond acceptors (Lipinski definition) is 3. The second-order valence-electron chi connectivity index (χ2n) is 6.00. The van der Waals surface area contributed by atoms with E-state index in [4.69, 9.17) is 0 Å². The molecule has 0 saturated carbocycles. The van der Waals surface area contributed by atoms with Gasteiger partial charge in [-0.15, -0.1) is 0 Å². The highest BCUT2D eigenvalue weighted by Crippen LogP contribution is 2.16. The summed E-state index contributed by atoms with van der Waals surface area (Å²) in [5.41, 5.74) is 0. The normalized spacial score (nSPS) is 34.9. The Hall–Kier alpha value is -0.610. The maximum atomic E-state index is 12.3. The zero-order valence-corrected chi connectivity index (χ0v) is 11.7. The molecule has 0 radical (unpaired) electrons. The molecular weight excluding hydrogens is 226 g/mol. The lowest BCUT2D eigenvalue weighted by atomic mass is 9.93. The van der Waals surface area contributed by atoms with Crippen molar-refractivity contribution in [2.45, 2.75) is 51.1 Å². The first-order chi connectivity index (χ1) is 8.66. The maximum absolute atomic E-state index is 12.3. The molecule has 0 aliphatic carbocycles. The van der Waals surface area contributed by atoms with E-state index in [-0.39, 0.29) is 11.9 Å². The fourth-order valence-corrected chi connectivity index (χ4v) is 3.10. The van der Waals surface area contributed by atoms with Gasteiger partial charge in [-0.05, 0) is 45.3 Å². The van der Waals surface area contributed by atoms with Gasteiger partial charge in [0.15, 0.2) is 0 Å². The number of nitrogens with zero attached hydrogens (tertiary/aromatic N) is 1. The summed E-state index contributed by atoms with van der Waals surface area (Å²) in [5.74, 6) is 0.775. The summed E-state index contributed by atoms with van der Waals surface area (Å²) >= 11 is 0. The van der Waals surface area contributed by atoms with Crippen LogP contribution in [0.5, 0.6) is 0 Å². The van der Waals surface area contributed by atoms with E-state index in [9.17, 15) is 4.79 Å². The molecule has 3 unspecified atom stereocenters. The number of carbonyl (C=O) groups excluding carboxylic acids is 1. The number of piperidine rings is 1. The molecule has 104 valence electrons. The molecule has 4 heteroatoms. The van der Waals surface area contributed by atoms with Crippen molar-refractivity contribution in [2.24, 2.45) is 5.92 Å². The van der Waals surface area contributed by atoms with Crippen molar-refractivity contribution in [1.82, 2.24) is 15.5 Å². The van der Waals surface area contributed by atoms with Gasteiger partial charge in [-0.25, -0.2) is 0 Å². The van der Waals surface area contributed by atoms with Crippen molar-refractivity contribution < 1.29 is 4.79 Å². The molecule has 2 heterocycles. The van der Waals surface area contributed by atoms with Gasteiger partial charge >= 0.3 is 0 Å². The summed E-state index contributed by atoms with van der Waals surface area (Å²) in [6, 6.07) is 0.401. The quantitative estimate of drug-likeness (QED) is 0.771. The molecule has 2 saturated heterocycles. The van der Waals surface area contributed by atoms with E-state index in [1.54, 1.807) is 0 Å². The van der Waals surface area contributed by atoms with Crippen LogP contribution in [0.2, 0.25) is 0 Å². The van der Waals surface area contributed by atoms with Crippen molar-refractivity contribution in [2.75, 3.05) is 26.7 Å². The molecule has 2 fully saturated rings. The van der Waals surface area contributed by atoms with Crippen molar-refractivity contribution in [3.63, 3.8) is 0 Å². The van der Waals surface area contributed by atoms with Gasteiger partial charge in [0, 0.05) is 12.6 Å². The number of nitrogens with one attached hydrogen (secondary N) is 2. The minimum absolute atomic E-state index is 0.0411. The average molecular weight is 253 g/mol. The van der Waals surface area contributed by atoms with Gasteiger partial charge in [0.2, 0.25) is 5.91 Å². The van der Waals surface area contributed by atoms with E-state index in [0.717, 1.165) is 32.5 Å². The second-order valence-corrected chi connectivity index (χ2v) is 6.00. The van der Waals surface area contributed by atoms with Gasteiger partial charge in [-0.1, -0.05) is 19.8 Å². The zero-order valence-electron chi connectivity index (χ0n) is 11.7. The lowest BCUT2D eigenvalue weighted by Gasteiger charge is -2.35. The average Bonchev–Trinajstić information content (AvgIpc) is 2.61. The Morgan fingerprint density at radius 3 is 2.89 bits per heavy atom. The molecule has 2 aliphatic rings. The maximum Gasteiger partial charge on any atom is 0.237 e. The van der Waals surface area contributed by atoms with E-state index in [1.165, 1.54) is 19.3 Å². The minimum Gasteiger partial charge on any atom is -0.352 e. The predicted octanol–water partition coefficient (Wildman–Crippen LogP) is 0.975. The molecule has 0 aromatic heterocycles. The molecule has 0 bridgehead atoms. The molecule has 2 N–H and O–H groups in total. The molecule has 18 heavy (non-hydrogen) atoms. The van der Waals surface area contributed by atoms with E-state index in [2.05, 4.69) is 29.5 Å². The molecule has 0 aromatic rings. The Bertz CT molecular complexity index is 274. The van der Waals surface area contributed by atoms with Crippen LogP contribution >= 0.6 is 0 Å². The summed E-state index contributed by atoms with van der Waals surface area (Å²) in [4.78, 5) is 14.6. The van der Waals surface area contributed by atoms with Gasteiger partial charge in [0.25, 0.3) is 0 Å². The van der Waals surface area contributed by atoms with Crippen LogP contribution in [-0.4, -0.2) is 49.6 Å². The summed E-state index contributed by atoms with van der Waals surface area (Å²) in [7, 11) is 2.15. The third kappa shape index (κ3) is 3.69. The van der Waals surface area contributed by atoms with Crippen LogP contribution in [0.3, 0.4) is 0 Å². The van der Waals surface area contributed by atoms with Gasteiger partial charge < -0.3 is 15.5 Å². The lowest BCUT2D eigenvalue weighted by Crippen LogP contribution is -2.53. The summed E-state index contributed by atoms with van der Waals surface area (Å²) in [6.07, 6.45) is 5.70. The topological polar surface area (TPSA) is 44.4 Å². The van der Waals surface area contributed by atoms with Gasteiger partial charge in [-0.3, -0.25) is 4.79 Å². The highest BCUT2D eigenvalue weighted by Gasteiger charge is 2.28. The third-order valence-electron chi connectivity index (χ3n) is 4.31. The number of hydrogen-bond donors (Lipinski definition) is 2. The van der Waals surface area contributed by atoms with Crippen LogP contribution in [0.1, 0.15) is 39.0 Å². The highest BCUT2D eigenvalue weighted by atomic mass is 16.2. The SMILES string of the molecule is CC1CN(C)CCC1NC(=O)C1CCCCCN1. The van der Waals surface area contributed by atoms with Crippen LogP contribution in [0.15, 0.2) is 0 Å². The third-order valence-corrected chi connectivity index (χ3v) is 4.31. The van der Waals surface area contributed by atoms with Gasteiger partial charge in [0.05, 0.1) is 6.04 Å². The lowest BCUT2D eigenvalue weighted by molar-refractivity contribution is -0.124. The van der Waals surface area contributed by atoms with Crippen LogP contribution in [-0.2, 0) is 4.79 Å². The Kier molecular flexibility index (Phi) is 5.01. The Morgan fingerprint density at radius 2 is 2.11 bits per heavy atom. The first-order valence-electron chi connectivity index (χ1n) is 7.39. The fourth-order valence-electron chi connectivity index (χ4n) is 3.10. The highest BCUT2D eigenvalue weighted by molar-refractivity contribution is 5.82. The first-order valence-corrected chi connectivity index (χ1v) is 7.39. The number of rotatable bonds is 2. The van der Waals surface area contributed by atoms with Crippen LogP contribution < -0.4 is 10.6 Å². The first kappa shape index (κ1) is 13.8. The van der Waals surface area contributed by atoms with E-state index in [0.29, 0.717) is 12.0 Å². The van der Waals surface area contributed by atoms with Crippen molar-refractivity contribution in [3.05, 3.63) is 0 Å². The summed E-state index contributed by atoms with van der Waals surface area (Å²) in [5, 5.41) is 6.63. The molecule has 3 atom stereocenters. The van der Waals surface area contributed by atoms with Crippen LogP contribution in [0.25, 0.3) is 0 Å². The summed E-state index contributed by atoms with van der Waals surface area (Å²) in [6.45, 7) is 5.40. The molecular formula is C14H27N3O. The molecule has 0 spiro atoms.